The number of anilines is 2. The van der Waals surface area contributed by atoms with Crippen molar-refractivity contribution >= 4 is 45.6 Å². The van der Waals surface area contributed by atoms with Crippen molar-refractivity contribution in [3.8, 4) is 0 Å². The summed E-state index contributed by atoms with van der Waals surface area (Å²) in [6.45, 7) is 4.63. The number of morpholine rings is 1. The minimum absolute atomic E-state index is 0.233. The van der Waals surface area contributed by atoms with Crippen LogP contribution >= 0.6 is 11.3 Å². The summed E-state index contributed by atoms with van der Waals surface area (Å²) in [6, 6.07) is 16.7. The van der Waals surface area contributed by atoms with Gasteiger partial charge in [0.05, 0.1) is 29.6 Å². The Morgan fingerprint density at radius 2 is 1.95 bits per heavy atom. The maximum absolute atomic E-state index is 13.0. The monoisotopic (exact) mass is 517 g/mol. The van der Waals surface area contributed by atoms with Crippen LogP contribution in [0.25, 0.3) is 0 Å². The number of aliphatic imine (C=N–C) groups is 2. The van der Waals surface area contributed by atoms with E-state index in [0.29, 0.717) is 43.4 Å². The van der Waals surface area contributed by atoms with Crippen LogP contribution in [-0.4, -0.2) is 61.0 Å². The number of rotatable bonds is 5. The number of nitrogens with two attached hydrogens (primary N) is 1. The largest absolute Gasteiger partial charge is 0.405 e. The lowest BCUT2D eigenvalue weighted by Crippen LogP contribution is -2.37. The van der Waals surface area contributed by atoms with Gasteiger partial charge in [0.2, 0.25) is 12.1 Å². The molecule has 3 heterocycles. The molecule has 1 fully saturated rings. The van der Waals surface area contributed by atoms with Crippen LogP contribution in [-0.2, 0) is 20.7 Å². The number of amidine groups is 1. The number of benzene rings is 2. The fourth-order valence-electron chi connectivity index (χ4n) is 4.09. The number of nitrogens with zero attached hydrogens (tertiary/aromatic N) is 4. The SMILES string of the molecule is CCc1nc(C(=N)OC(N)=N[C@H]2N=C(c3ccccc3)c3ccccc3NC2=O)c(N2CCOCC2)s1. The number of benzodiazepines with no additional fused rings is 1. The Bertz CT molecular complexity index is 1360. The molecule has 1 saturated heterocycles. The number of ether oxygens (including phenoxy) is 2. The van der Waals surface area contributed by atoms with Crippen molar-refractivity contribution in [2.45, 2.75) is 19.5 Å². The second-order valence-electron chi connectivity index (χ2n) is 8.37. The summed E-state index contributed by atoms with van der Waals surface area (Å²) >= 11 is 1.52. The molecule has 0 aliphatic carbocycles. The van der Waals surface area contributed by atoms with E-state index in [1.807, 2.05) is 61.5 Å². The molecule has 190 valence electrons. The number of carbonyl (C=O) groups is 1. The normalized spacial score (nSPS) is 17.9. The zero-order chi connectivity index (χ0) is 25.8. The molecule has 5 rings (SSSR count). The highest BCUT2D eigenvalue weighted by Crippen LogP contribution is 2.30. The third-order valence-electron chi connectivity index (χ3n) is 5.90. The maximum atomic E-state index is 13.0. The summed E-state index contributed by atoms with van der Waals surface area (Å²) in [7, 11) is 0. The number of hydrogen-bond donors (Lipinski definition) is 3. The minimum atomic E-state index is -1.20. The molecule has 0 unspecified atom stereocenters. The highest BCUT2D eigenvalue weighted by molar-refractivity contribution is 7.16. The second-order valence-corrected chi connectivity index (χ2v) is 9.43. The van der Waals surface area contributed by atoms with E-state index in [1.54, 1.807) is 0 Å². The summed E-state index contributed by atoms with van der Waals surface area (Å²) in [5.74, 6) is -0.685. The van der Waals surface area contributed by atoms with Crippen molar-refractivity contribution < 1.29 is 14.3 Å². The lowest BCUT2D eigenvalue weighted by atomic mass is 10.0. The summed E-state index contributed by atoms with van der Waals surface area (Å²) in [6.07, 6.45) is -0.464. The molecule has 2 aliphatic heterocycles. The number of aryl methyl sites for hydroxylation is 1. The number of carbonyl (C=O) groups excluding carboxylic acids is 1. The first-order chi connectivity index (χ1) is 18.0. The van der Waals surface area contributed by atoms with E-state index in [0.717, 1.165) is 27.6 Å². The number of aromatic nitrogens is 1. The Morgan fingerprint density at radius 3 is 2.70 bits per heavy atom. The first kappa shape index (κ1) is 24.6. The van der Waals surface area contributed by atoms with Gasteiger partial charge in [-0.2, -0.15) is 4.99 Å². The van der Waals surface area contributed by atoms with Gasteiger partial charge >= 0.3 is 0 Å². The van der Waals surface area contributed by atoms with Crippen molar-refractivity contribution in [3.63, 3.8) is 0 Å². The molecule has 37 heavy (non-hydrogen) atoms. The third kappa shape index (κ3) is 5.37. The Hall–Kier alpha value is -4.09. The second kappa shape index (κ2) is 10.9. The van der Waals surface area contributed by atoms with Gasteiger partial charge in [0.1, 0.15) is 5.00 Å². The van der Waals surface area contributed by atoms with Crippen LogP contribution in [0.2, 0.25) is 0 Å². The standard InChI is InChI=1S/C26H27N7O3S/c1-2-19-30-21(25(37-19)33-12-14-35-15-13-33)22(27)36-26(28)32-23-24(34)29-18-11-7-6-10-17(18)20(31-23)16-8-4-3-5-9-16/h3-11,23,27H,2,12-15H2,1H3,(H2,28,32)(H,29,34)/t23-/m1/s1. The minimum Gasteiger partial charge on any atom is -0.405 e. The van der Waals surface area contributed by atoms with E-state index < -0.39 is 12.1 Å². The van der Waals surface area contributed by atoms with Gasteiger partial charge < -0.3 is 25.4 Å². The summed E-state index contributed by atoms with van der Waals surface area (Å²) in [4.78, 5) is 28.6. The Morgan fingerprint density at radius 1 is 1.22 bits per heavy atom. The molecule has 0 saturated carbocycles. The average Bonchev–Trinajstić information content (AvgIpc) is 3.32. The van der Waals surface area contributed by atoms with E-state index in [1.165, 1.54) is 11.3 Å². The third-order valence-corrected chi connectivity index (χ3v) is 7.16. The van der Waals surface area contributed by atoms with Crippen molar-refractivity contribution in [3.05, 3.63) is 76.4 Å². The van der Waals surface area contributed by atoms with Gasteiger partial charge in [-0.05, 0) is 12.5 Å². The van der Waals surface area contributed by atoms with Gasteiger partial charge in [-0.3, -0.25) is 10.2 Å². The van der Waals surface area contributed by atoms with Gasteiger partial charge in [-0.1, -0.05) is 55.5 Å². The highest BCUT2D eigenvalue weighted by atomic mass is 32.1. The molecule has 2 aliphatic rings. The topological polar surface area (TPSA) is 138 Å². The number of fused-ring (bicyclic) bond motifs is 1. The lowest BCUT2D eigenvalue weighted by molar-refractivity contribution is -0.117. The predicted octanol–water partition coefficient (Wildman–Crippen LogP) is 3.01. The molecule has 2 aromatic carbocycles. The predicted molar refractivity (Wildman–Crippen MR) is 145 cm³/mol. The summed E-state index contributed by atoms with van der Waals surface area (Å²) in [5, 5.41) is 13.2. The fourth-order valence-corrected chi connectivity index (χ4v) is 5.15. The Kier molecular flexibility index (Phi) is 7.24. The van der Waals surface area contributed by atoms with Crippen molar-refractivity contribution in [1.29, 1.82) is 5.41 Å². The summed E-state index contributed by atoms with van der Waals surface area (Å²) < 4.78 is 11.0. The molecule has 10 nitrogen and oxygen atoms in total. The maximum Gasteiger partial charge on any atom is 0.291 e. The van der Waals surface area contributed by atoms with Gasteiger partial charge in [0.15, 0.2) is 5.69 Å². The van der Waals surface area contributed by atoms with Gasteiger partial charge in [-0.25, -0.2) is 9.98 Å². The van der Waals surface area contributed by atoms with E-state index in [9.17, 15) is 4.79 Å². The smallest absolute Gasteiger partial charge is 0.291 e. The summed E-state index contributed by atoms with van der Waals surface area (Å²) in [5.41, 5.74) is 9.33. The number of nitrogens with one attached hydrogen (secondary N) is 2. The number of hydrogen-bond acceptors (Lipinski definition) is 9. The average molecular weight is 518 g/mol. The van der Waals surface area contributed by atoms with Crippen LogP contribution in [0.5, 0.6) is 0 Å². The number of amides is 1. The van der Waals surface area contributed by atoms with Gasteiger partial charge in [-0.15, -0.1) is 11.3 Å². The molecule has 0 spiro atoms. The van der Waals surface area contributed by atoms with Crippen LogP contribution in [0.4, 0.5) is 10.7 Å². The van der Waals surface area contributed by atoms with E-state index in [2.05, 4.69) is 25.2 Å². The van der Waals surface area contributed by atoms with Crippen LogP contribution in [0.1, 0.15) is 28.8 Å². The Labute approximate surface area is 218 Å². The van der Waals surface area contributed by atoms with Crippen LogP contribution in [0.3, 0.4) is 0 Å². The van der Waals surface area contributed by atoms with E-state index in [-0.39, 0.29) is 11.9 Å². The van der Waals surface area contributed by atoms with E-state index >= 15 is 0 Å². The molecule has 0 radical (unpaired) electrons. The molecule has 11 heteroatoms. The molecule has 1 amide bonds. The van der Waals surface area contributed by atoms with Crippen molar-refractivity contribution in [2.24, 2.45) is 15.7 Å². The lowest BCUT2D eigenvalue weighted by Gasteiger charge is -2.27. The molecule has 1 atom stereocenters. The first-order valence-corrected chi connectivity index (χ1v) is 12.8. The fraction of sp³-hybridized carbons (Fsp3) is 0.269. The zero-order valence-electron chi connectivity index (χ0n) is 20.3. The molecular formula is C26H27N7O3S. The first-order valence-electron chi connectivity index (χ1n) is 12.0. The van der Waals surface area contributed by atoms with Crippen LogP contribution in [0, 0.1) is 5.41 Å². The van der Waals surface area contributed by atoms with Crippen molar-refractivity contribution in [2.75, 3.05) is 36.5 Å². The molecule has 3 aromatic rings. The zero-order valence-corrected chi connectivity index (χ0v) is 21.1. The quantitative estimate of drug-likeness (QED) is 0.351. The molecular weight excluding hydrogens is 490 g/mol. The number of para-hydroxylation sites is 1. The number of thiazole rings is 1. The molecule has 4 N–H and O–H groups in total. The van der Waals surface area contributed by atoms with E-state index in [4.69, 9.17) is 20.6 Å². The molecule has 1 aromatic heterocycles. The molecule has 0 bridgehead atoms. The Balaban J connectivity index is 1.43. The highest BCUT2D eigenvalue weighted by Gasteiger charge is 2.27. The van der Waals surface area contributed by atoms with Crippen LogP contribution in [0.15, 0.2) is 64.6 Å². The van der Waals surface area contributed by atoms with Gasteiger partial charge in [0, 0.05) is 24.2 Å². The van der Waals surface area contributed by atoms with Crippen molar-refractivity contribution in [1.82, 2.24) is 4.98 Å². The van der Waals surface area contributed by atoms with Gasteiger partial charge in [0.25, 0.3) is 11.9 Å². The van der Waals surface area contributed by atoms with Crippen LogP contribution < -0.4 is 16.0 Å².